The predicted molar refractivity (Wildman–Crippen MR) is 96.5 cm³/mol. The van der Waals surface area contributed by atoms with Crippen molar-refractivity contribution in [1.29, 1.82) is 0 Å². The number of quaternary nitrogens is 1. The molecule has 0 aliphatic carbocycles. The number of para-hydroxylation sites is 1. The first-order valence-electron chi connectivity index (χ1n) is 7.96. The number of likely N-dealkylation sites (N-methyl/N-ethyl adjacent to an activating group) is 1. The number of hydrogen-bond donors (Lipinski definition) is 3. The SMILES string of the molecule is C[NH+](CC(=O)Nc1ccccc1Cl)CC(=O)N[C@@]1(C)CCS(=O)(=O)C1. The van der Waals surface area contributed by atoms with Crippen LogP contribution in [-0.2, 0) is 19.4 Å². The van der Waals surface area contributed by atoms with E-state index in [1.165, 1.54) is 0 Å². The van der Waals surface area contributed by atoms with E-state index in [4.69, 9.17) is 11.6 Å². The highest BCUT2D eigenvalue weighted by atomic mass is 35.5. The molecule has 0 spiro atoms. The molecule has 0 aromatic heterocycles. The van der Waals surface area contributed by atoms with Gasteiger partial charge in [-0.25, -0.2) is 8.42 Å². The van der Waals surface area contributed by atoms with Gasteiger partial charge in [-0.2, -0.15) is 0 Å². The minimum atomic E-state index is -3.08. The normalized spacial score (nSPS) is 23.0. The van der Waals surface area contributed by atoms with E-state index in [-0.39, 0.29) is 36.4 Å². The van der Waals surface area contributed by atoms with Crippen molar-refractivity contribution in [2.45, 2.75) is 18.9 Å². The largest absolute Gasteiger partial charge is 0.345 e. The molecule has 0 bridgehead atoms. The quantitative estimate of drug-likeness (QED) is 0.611. The minimum Gasteiger partial charge on any atom is -0.345 e. The summed E-state index contributed by atoms with van der Waals surface area (Å²) in [5.41, 5.74) is -0.203. The maximum absolute atomic E-state index is 12.1. The van der Waals surface area contributed by atoms with Crippen molar-refractivity contribution in [3.05, 3.63) is 29.3 Å². The van der Waals surface area contributed by atoms with Crippen molar-refractivity contribution < 1.29 is 22.9 Å². The minimum absolute atomic E-state index is 0.0439. The Balaban J connectivity index is 1.81. The Bertz CT molecular complexity index is 768. The second-order valence-electron chi connectivity index (χ2n) is 6.79. The van der Waals surface area contributed by atoms with Crippen LogP contribution >= 0.6 is 11.6 Å². The van der Waals surface area contributed by atoms with Gasteiger partial charge in [0.05, 0.1) is 34.8 Å². The fraction of sp³-hybridized carbons (Fsp3) is 0.500. The molecule has 9 heteroatoms. The van der Waals surface area contributed by atoms with Gasteiger partial charge in [0, 0.05) is 0 Å². The van der Waals surface area contributed by atoms with Crippen LogP contribution in [0.25, 0.3) is 0 Å². The number of rotatable bonds is 6. The van der Waals surface area contributed by atoms with Gasteiger partial charge in [0.25, 0.3) is 11.8 Å². The first-order valence-corrected chi connectivity index (χ1v) is 10.2. The van der Waals surface area contributed by atoms with Crippen LogP contribution in [0.15, 0.2) is 24.3 Å². The molecule has 1 saturated heterocycles. The van der Waals surface area contributed by atoms with E-state index in [1.807, 2.05) is 0 Å². The van der Waals surface area contributed by atoms with Gasteiger partial charge in [0.2, 0.25) is 0 Å². The third-order valence-corrected chi connectivity index (χ3v) is 6.25. The summed E-state index contributed by atoms with van der Waals surface area (Å²) in [6.07, 6.45) is 0.410. The smallest absolute Gasteiger partial charge is 0.279 e. The van der Waals surface area contributed by atoms with Crippen molar-refractivity contribution in [3.8, 4) is 0 Å². The summed E-state index contributed by atoms with van der Waals surface area (Å²) < 4.78 is 23.2. The van der Waals surface area contributed by atoms with Crippen LogP contribution in [-0.4, -0.2) is 57.4 Å². The highest BCUT2D eigenvalue weighted by molar-refractivity contribution is 7.91. The number of carbonyl (C=O) groups is 2. The molecule has 2 atom stereocenters. The zero-order valence-electron chi connectivity index (χ0n) is 14.3. The molecule has 138 valence electrons. The van der Waals surface area contributed by atoms with Gasteiger partial charge >= 0.3 is 0 Å². The van der Waals surface area contributed by atoms with Gasteiger partial charge in [0.1, 0.15) is 0 Å². The van der Waals surface area contributed by atoms with Crippen molar-refractivity contribution in [2.24, 2.45) is 0 Å². The Kier molecular flexibility index (Phi) is 6.08. The predicted octanol–water partition coefficient (Wildman–Crippen LogP) is -0.513. The molecule has 7 nitrogen and oxygen atoms in total. The number of sulfone groups is 1. The molecular formula is C16H23ClN3O4S+. The topological polar surface area (TPSA) is 96.8 Å². The van der Waals surface area contributed by atoms with Crippen LogP contribution in [0.3, 0.4) is 0 Å². The molecule has 3 N–H and O–H groups in total. The first-order chi connectivity index (χ1) is 11.6. The van der Waals surface area contributed by atoms with E-state index in [0.717, 1.165) is 0 Å². The monoisotopic (exact) mass is 388 g/mol. The fourth-order valence-electron chi connectivity index (χ4n) is 2.86. The Hall–Kier alpha value is -1.64. The molecule has 0 saturated carbocycles. The lowest BCUT2D eigenvalue weighted by Crippen LogP contribution is -3.11. The molecule has 2 amide bonds. The van der Waals surface area contributed by atoms with E-state index < -0.39 is 15.4 Å². The molecule has 1 aromatic carbocycles. The molecule has 1 aromatic rings. The molecule has 25 heavy (non-hydrogen) atoms. The van der Waals surface area contributed by atoms with Crippen molar-refractivity contribution in [2.75, 3.05) is 37.0 Å². The Morgan fingerprint density at radius 2 is 1.88 bits per heavy atom. The maximum Gasteiger partial charge on any atom is 0.279 e. The summed E-state index contributed by atoms with van der Waals surface area (Å²) in [4.78, 5) is 24.9. The van der Waals surface area contributed by atoms with Crippen LogP contribution in [0.2, 0.25) is 5.02 Å². The van der Waals surface area contributed by atoms with E-state index in [2.05, 4.69) is 10.6 Å². The van der Waals surface area contributed by atoms with Gasteiger partial charge < -0.3 is 15.5 Å². The molecule has 1 fully saturated rings. The zero-order valence-corrected chi connectivity index (χ0v) is 15.8. The average molecular weight is 389 g/mol. The second-order valence-corrected chi connectivity index (χ2v) is 9.38. The van der Waals surface area contributed by atoms with Crippen molar-refractivity contribution in [3.63, 3.8) is 0 Å². The van der Waals surface area contributed by atoms with Crippen LogP contribution in [0.5, 0.6) is 0 Å². The highest BCUT2D eigenvalue weighted by Crippen LogP contribution is 2.22. The van der Waals surface area contributed by atoms with Crippen LogP contribution < -0.4 is 15.5 Å². The molecular weight excluding hydrogens is 366 g/mol. The van der Waals surface area contributed by atoms with Crippen LogP contribution in [0.4, 0.5) is 5.69 Å². The summed E-state index contributed by atoms with van der Waals surface area (Å²) in [6, 6.07) is 6.91. The number of benzene rings is 1. The van der Waals surface area contributed by atoms with Gasteiger partial charge in [-0.1, -0.05) is 23.7 Å². The first kappa shape index (κ1) is 19.7. The lowest BCUT2D eigenvalue weighted by Gasteiger charge is -2.24. The Labute approximate surface area is 152 Å². The molecule has 1 aliphatic heterocycles. The summed E-state index contributed by atoms with van der Waals surface area (Å²) in [5.74, 6) is -0.486. The summed E-state index contributed by atoms with van der Waals surface area (Å²) >= 11 is 5.99. The van der Waals surface area contributed by atoms with E-state index in [0.29, 0.717) is 22.0 Å². The van der Waals surface area contributed by atoms with Gasteiger partial charge in [-0.3, -0.25) is 9.59 Å². The number of anilines is 1. The number of hydrogen-bond acceptors (Lipinski definition) is 4. The molecule has 2 rings (SSSR count). The zero-order chi connectivity index (χ0) is 18.7. The van der Waals surface area contributed by atoms with Gasteiger partial charge in [0.15, 0.2) is 22.9 Å². The van der Waals surface area contributed by atoms with Crippen LogP contribution in [0, 0.1) is 0 Å². The van der Waals surface area contributed by atoms with Gasteiger partial charge in [-0.05, 0) is 25.5 Å². The number of carbonyl (C=O) groups excluding carboxylic acids is 2. The van der Waals surface area contributed by atoms with Gasteiger partial charge in [-0.15, -0.1) is 0 Å². The highest BCUT2D eigenvalue weighted by Gasteiger charge is 2.39. The van der Waals surface area contributed by atoms with E-state index >= 15 is 0 Å². The lowest BCUT2D eigenvalue weighted by atomic mass is 10.0. The number of halogens is 1. The fourth-order valence-corrected chi connectivity index (χ4v) is 5.13. The molecule has 0 radical (unpaired) electrons. The average Bonchev–Trinajstić information content (AvgIpc) is 2.74. The third-order valence-electron chi connectivity index (χ3n) is 4.02. The summed E-state index contributed by atoms with van der Waals surface area (Å²) in [5, 5.41) is 5.93. The molecule has 1 aliphatic rings. The molecule has 1 heterocycles. The van der Waals surface area contributed by atoms with Crippen molar-refractivity contribution >= 4 is 38.9 Å². The third kappa shape index (κ3) is 5.98. The van der Waals surface area contributed by atoms with Crippen LogP contribution in [0.1, 0.15) is 13.3 Å². The summed E-state index contributed by atoms with van der Waals surface area (Å²) in [6.45, 7) is 1.90. The molecule has 1 unspecified atom stereocenters. The van der Waals surface area contributed by atoms with E-state index in [1.54, 1.807) is 38.2 Å². The Morgan fingerprint density at radius 1 is 1.24 bits per heavy atom. The van der Waals surface area contributed by atoms with Crippen molar-refractivity contribution in [1.82, 2.24) is 5.32 Å². The summed E-state index contributed by atoms with van der Waals surface area (Å²) in [7, 11) is -1.36. The lowest BCUT2D eigenvalue weighted by molar-refractivity contribution is -0.862. The van der Waals surface area contributed by atoms with E-state index in [9.17, 15) is 18.0 Å². The standard InChI is InChI=1S/C16H22ClN3O4S/c1-16(7-8-25(23,24)11-16)19-15(22)10-20(2)9-14(21)18-13-6-4-3-5-12(13)17/h3-6H,7-11H2,1-2H3,(H,18,21)(H,19,22)/p+1/t16-/m0/s1. The number of nitrogens with one attached hydrogen (secondary N) is 3. The number of amides is 2. The second kappa shape index (κ2) is 7.72. The Morgan fingerprint density at radius 3 is 2.48 bits per heavy atom. The maximum atomic E-state index is 12.1.